The van der Waals surface area contributed by atoms with Gasteiger partial charge in [-0.15, -0.1) is 0 Å². The number of benzene rings is 1. The zero-order valence-electron chi connectivity index (χ0n) is 19.7. The fourth-order valence-corrected chi connectivity index (χ4v) is 4.69. The van der Waals surface area contributed by atoms with Gasteiger partial charge in [-0.25, -0.2) is 0 Å². The van der Waals surface area contributed by atoms with E-state index in [4.69, 9.17) is 4.74 Å². The van der Waals surface area contributed by atoms with Crippen LogP contribution in [0.4, 0.5) is 0 Å². The highest BCUT2D eigenvalue weighted by Crippen LogP contribution is 2.33. The molecule has 2 atom stereocenters. The van der Waals surface area contributed by atoms with Crippen LogP contribution >= 0.6 is 0 Å². The molecule has 31 heavy (non-hydrogen) atoms. The Labute approximate surface area is 187 Å². The van der Waals surface area contributed by atoms with Gasteiger partial charge in [0, 0.05) is 51.3 Å². The minimum Gasteiger partial charge on any atom is -0.377 e. The summed E-state index contributed by atoms with van der Waals surface area (Å²) in [5, 5.41) is 6.88. The van der Waals surface area contributed by atoms with Gasteiger partial charge in [0.2, 0.25) is 0 Å². The van der Waals surface area contributed by atoms with Crippen LogP contribution in [0.3, 0.4) is 0 Å². The maximum Gasteiger partial charge on any atom is 0.253 e. The van der Waals surface area contributed by atoms with Gasteiger partial charge in [0.25, 0.3) is 5.91 Å². The lowest BCUT2D eigenvalue weighted by Gasteiger charge is -2.40. The molecule has 2 N–H and O–H groups in total. The molecule has 2 aliphatic heterocycles. The van der Waals surface area contributed by atoms with Gasteiger partial charge in [0.15, 0.2) is 5.96 Å². The highest BCUT2D eigenvalue weighted by atomic mass is 16.5. The molecule has 0 aromatic heterocycles. The number of hydrogen-bond acceptors (Lipinski definition) is 3. The van der Waals surface area contributed by atoms with Crippen molar-refractivity contribution in [3.63, 3.8) is 0 Å². The predicted molar refractivity (Wildman–Crippen MR) is 126 cm³/mol. The molecule has 172 valence electrons. The number of guanidine groups is 1. The zero-order valence-corrected chi connectivity index (χ0v) is 19.7. The molecule has 2 unspecified atom stereocenters. The number of nitrogens with zero attached hydrogens (tertiary/aromatic N) is 2. The summed E-state index contributed by atoms with van der Waals surface area (Å²) in [5.41, 5.74) is 2.04. The molecule has 0 spiro atoms. The van der Waals surface area contributed by atoms with E-state index in [9.17, 15) is 4.79 Å². The van der Waals surface area contributed by atoms with Crippen molar-refractivity contribution in [1.82, 2.24) is 15.5 Å². The zero-order chi connectivity index (χ0) is 22.3. The molecule has 2 heterocycles. The number of piperidine rings is 1. The Morgan fingerprint density at radius 2 is 1.81 bits per heavy atom. The van der Waals surface area contributed by atoms with Crippen molar-refractivity contribution in [3.05, 3.63) is 35.4 Å². The molecule has 1 aromatic carbocycles. The van der Waals surface area contributed by atoms with Crippen molar-refractivity contribution in [2.24, 2.45) is 16.3 Å². The number of aliphatic imine (C=N–C) groups is 1. The molecule has 2 aliphatic rings. The molecule has 0 radical (unpaired) electrons. The van der Waals surface area contributed by atoms with Crippen LogP contribution in [0.1, 0.15) is 68.8 Å². The van der Waals surface area contributed by atoms with Crippen LogP contribution in [-0.2, 0) is 11.3 Å². The van der Waals surface area contributed by atoms with E-state index in [1.165, 1.54) is 12.8 Å². The summed E-state index contributed by atoms with van der Waals surface area (Å²) in [6.07, 6.45) is 6.02. The van der Waals surface area contributed by atoms with Gasteiger partial charge >= 0.3 is 0 Å². The first-order valence-electron chi connectivity index (χ1n) is 11.8. The fourth-order valence-electron chi connectivity index (χ4n) is 4.69. The Morgan fingerprint density at radius 1 is 1.10 bits per heavy atom. The predicted octanol–water partition coefficient (Wildman–Crippen LogP) is 3.82. The average Bonchev–Trinajstić information content (AvgIpc) is 2.79. The number of rotatable bonds is 5. The van der Waals surface area contributed by atoms with E-state index < -0.39 is 0 Å². The van der Waals surface area contributed by atoms with E-state index in [0.29, 0.717) is 12.5 Å². The Bertz CT molecular complexity index is 733. The van der Waals surface area contributed by atoms with Crippen LogP contribution in [0, 0.1) is 11.3 Å². The number of carbonyl (C=O) groups is 1. The number of nitrogens with one attached hydrogen (secondary N) is 2. The molecule has 0 aliphatic carbocycles. The van der Waals surface area contributed by atoms with Crippen LogP contribution in [0.25, 0.3) is 0 Å². The number of hydrogen-bond donors (Lipinski definition) is 2. The molecule has 1 aromatic rings. The van der Waals surface area contributed by atoms with Gasteiger partial charge in [-0.1, -0.05) is 32.9 Å². The van der Waals surface area contributed by atoms with E-state index in [1.807, 2.05) is 29.2 Å². The van der Waals surface area contributed by atoms with Gasteiger partial charge in [-0.05, 0) is 55.2 Å². The minimum atomic E-state index is 0.136. The van der Waals surface area contributed by atoms with E-state index in [2.05, 4.69) is 36.4 Å². The Balaban J connectivity index is 1.48. The van der Waals surface area contributed by atoms with Crippen molar-refractivity contribution in [2.45, 2.75) is 65.5 Å². The molecule has 1 amide bonds. The second kappa shape index (κ2) is 11.0. The largest absolute Gasteiger partial charge is 0.377 e. The summed E-state index contributed by atoms with van der Waals surface area (Å²) in [4.78, 5) is 19.0. The van der Waals surface area contributed by atoms with Gasteiger partial charge in [0.1, 0.15) is 0 Å². The lowest BCUT2D eigenvalue weighted by atomic mass is 9.78. The van der Waals surface area contributed by atoms with E-state index in [0.717, 1.165) is 62.6 Å². The van der Waals surface area contributed by atoms with Gasteiger partial charge in [-0.3, -0.25) is 9.79 Å². The first kappa shape index (κ1) is 23.6. The third-order valence-electron chi connectivity index (χ3n) is 6.36. The monoisotopic (exact) mass is 428 g/mol. The Kier molecular flexibility index (Phi) is 8.35. The summed E-state index contributed by atoms with van der Waals surface area (Å²) < 4.78 is 6.09. The SMILES string of the molecule is CN=C(NCc1ccc(C(=O)N2CCCCC2)cc1)NCC1CCCOC1C(C)(C)C. The van der Waals surface area contributed by atoms with Crippen LogP contribution in [0.2, 0.25) is 0 Å². The molecule has 2 fully saturated rings. The van der Waals surface area contributed by atoms with E-state index >= 15 is 0 Å². The summed E-state index contributed by atoms with van der Waals surface area (Å²) in [5.74, 6) is 1.43. The van der Waals surface area contributed by atoms with Crippen LogP contribution in [0.5, 0.6) is 0 Å². The van der Waals surface area contributed by atoms with Crippen LogP contribution < -0.4 is 10.6 Å². The van der Waals surface area contributed by atoms with Crippen LogP contribution in [0.15, 0.2) is 29.3 Å². The second-order valence-electron chi connectivity index (χ2n) is 9.92. The van der Waals surface area contributed by atoms with Crippen molar-refractivity contribution < 1.29 is 9.53 Å². The standard InChI is InChI=1S/C25H40N4O2/c1-25(2,3)22-21(9-8-16-31-22)18-28-24(26-4)27-17-19-10-12-20(13-11-19)23(30)29-14-6-5-7-15-29/h10-13,21-22H,5-9,14-18H2,1-4H3,(H2,26,27,28). The quantitative estimate of drug-likeness (QED) is 0.553. The maximum absolute atomic E-state index is 12.6. The van der Waals surface area contributed by atoms with Crippen molar-refractivity contribution >= 4 is 11.9 Å². The maximum atomic E-state index is 12.6. The van der Waals surface area contributed by atoms with Gasteiger partial charge in [0.05, 0.1) is 6.10 Å². The van der Waals surface area contributed by atoms with Crippen molar-refractivity contribution in [2.75, 3.05) is 33.3 Å². The molecule has 0 saturated carbocycles. The summed E-state index contributed by atoms with van der Waals surface area (Å²) >= 11 is 0. The summed E-state index contributed by atoms with van der Waals surface area (Å²) in [7, 11) is 1.80. The third-order valence-corrected chi connectivity index (χ3v) is 6.36. The molecule has 3 rings (SSSR count). The highest BCUT2D eigenvalue weighted by molar-refractivity contribution is 5.94. The lowest BCUT2D eigenvalue weighted by molar-refractivity contribution is -0.0835. The summed E-state index contributed by atoms with van der Waals surface area (Å²) in [6, 6.07) is 7.94. The number of carbonyl (C=O) groups excluding carboxylic acids is 1. The lowest BCUT2D eigenvalue weighted by Crippen LogP contribution is -2.47. The Morgan fingerprint density at radius 3 is 2.45 bits per heavy atom. The van der Waals surface area contributed by atoms with Crippen molar-refractivity contribution in [3.8, 4) is 0 Å². The molecular formula is C25H40N4O2. The smallest absolute Gasteiger partial charge is 0.253 e. The third kappa shape index (κ3) is 6.70. The molecule has 6 heteroatoms. The topological polar surface area (TPSA) is 66.0 Å². The second-order valence-corrected chi connectivity index (χ2v) is 9.92. The normalized spacial score (nSPS) is 22.8. The molecule has 6 nitrogen and oxygen atoms in total. The van der Waals surface area contributed by atoms with E-state index in [1.54, 1.807) is 7.05 Å². The molecule has 2 saturated heterocycles. The first-order valence-corrected chi connectivity index (χ1v) is 11.8. The average molecular weight is 429 g/mol. The molecule has 0 bridgehead atoms. The summed E-state index contributed by atoms with van der Waals surface area (Å²) in [6.45, 7) is 10.9. The number of ether oxygens (including phenoxy) is 1. The van der Waals surface area contributed by atoms with E-state index in [-0.39, 0.29) is 17.4 Å². The molecular weight excluding hydrogens is 388 g/mol. The Hall–Kier alpha value is -2.08. The highest BCUT2D eigenvalue weighted by Gasteiger charge is 2.35. The number of amides is 1. The van der Waals surface area contributed by atoms with Crippen LogP contribution in [-0.4, -0.2) is 56.2 Å². The van der Waals surface area contributed by atoms with Crippen molar-refractivity contribution in [1.29, 1.82) is 0 Å². The van der Waals surface area contributed by atoms with Gasteiger partial charge in [-0.2, -0.15) is 0 Å². The minimum absolute atomic E-state index is 0.136. The fraction of sp³-hybridized carbons (Fsp3) is 0.680. The first-order chi connectivity index (χ1) is 14.9. The van der Waals surface area contributed by atoms with Gasteiger partial charge < -0.3 is 20.3 Å². The number of likely N-dealkylation sites (tertiary alicyclic amines) is 1.